The summed E-state index contributed by atoms with van der Waals surface area (Å²) in [5.41, 5.74) is 10.3. The van der Waals surface area contributed by atoms with Gasteiger partial charge in [0.25, 0.3) is 0 Å². The van der Waals surface area contributed by atoms with Gasteiger partial charge in [0.05, 0.1) is 11.3 Å². The van der Waals surface area contributed by atoms with E-state index < -0.39 is 0 Å². The molecule has 0 fully saturated rings. The van der Waals surface area contributed by atoms with Crippen molar-refractivity contribution in [1.82, 2.24) is 14.8 Å². The summed E-state index contributed by atoms with van der Waals surface area (Å²) in [6.45, 7) is 2.03. The third kappa shape index (κ3) is 2.33. The molecular weight excluding hydrogens is 264 g/mol. The number of aromatic nitrogens is 3. The fraction of sp³-hybridized carbons (Fsp3) is 0.125. The number of anilines is 1. The van der Waals surface area contributed by atoms with E-state index in [2.05, 4.69) is 16.1 Å². The summed E-state index contributed by atoms with van der Waals surface area (Å²) in [5.74, 6) is 0.570. The molecule has 0 saturated heterocycles. The van der Waals surface area contributed by atoms with Crippen LogP contribution in [0.4, 0.5) is 5.82 Å². The van der Waals surface area contributed by atoms with E-state index in [9.17, 15) is 4.79 Å². The Kier molecular flexibility index (Phi) is 3.10. The van der Waals surface area contributed by atoms with Crippen molar-refractivity contribution in [1.29, 1.82) is 0 Å². The summed E-state index contributed by atoms with van der Waals surface area (Å²) >= 11 is 0. The predicted molar refractivity (Wildman–Crippen MR) is 83.9 cm³/mol. The number of nitrogens with two attached hydrogens (primary N) is 1. The van der Waals surface area contributed by atoms with Crippen LogP contribution in [-0.4, -0.2) is 14.8 Å². The van der Waals surface area contributed by atoms with Crippen LogP contribution < -0.4 is 11.3 Å². The normalized spacial score (nSPS) is 10.8. The van der Waals surface area contributed by atoms with Crippen molar-refractivity contribution < 1.29 is 0 Å². The minimum absolute atomic E-state index is 0.160. The molecular formula is C16H16N4O. The van der Waals surface area contributed by atoms with Gasteiger partial charge in [-0.1, -0.05) is 35.9 Å². The molecule has 0 atom stereocenters. The van der Waals surface area contributed by atoms with Crippen molar-refractivity contribution >= 4 is 5.82 Å². The fourth-order valence-corrected chi connectivity index (χ4v) is 2.40. The van der Waals surface area contributed by atoms with Gasteiger partial charge >= 0.3 is 0 Å². The number of nitrogens with zero attached hydrogens (tertiary/aromatic N) is 2. The second-order valence-electron chi connectivity index (χ2n) is 5.03. The van der Waals surface area contributed by atoms with Gasteiger partial charge in [0.1, 0.15) is 11.5 Å². The first-order valence-electron chi connectivity index (χ1n) is 6.65. The lowest BCUT2D eigenvalue weighted by Crippen LogP contribution is -2.04. The van der Waals surface area contributed by atoms with Gasteiger partial charge in [-0.3, -0.25) is 9.48 Å². The van der Waals surface area contributed by atoms with Crippen molar-refractivity contribution in [2.45, 2.75) is 6.92 Å². The standard InChI is InChI=1S/C16H16N4O/c1-10-5-3-6-11(9-10)14-15(19-20(2)16(14)17)12-7-4-8-13(21)18-12/h3-9H,17H2,1-2H3,(H,18,21). The Bertz CT molecular complexity index is 861. The lowest BCUT2D eigenvalue weighted by Gasteiger charge is -2.05. The molecule has 2 aromatic heterocycles. The van der Waals surface area contributed by atoms with Gasteiger partial charge in [-0.25, -0.2) is 0 Å². The number of pyridine rings is 1. The van der Waals surface area contributed by atoms with Crippen molar-refractivity contribution in [3.05, 3.63) is 58.4 Å². The quantitative estimate of drug-likeness (QED) is 0.756. The molecule has 0 aliphatic carbocycles. The van der Waals surface area contributed by atoms with E-state index >= 15 is 0 Å². The fourth-order valence-electron chi connectivity index (χ4n) is 2.40. The zero-order valence-electron chi connectivity index (χ0n) is 11.9. The zero-order valence-corrected chi connectivity index (χ0v) is 11.9. The Balaban J connectivity index is 2.28. The third-order valence-corrected chi connectivity index (χ3v) is 3.42. The summed E-state index contributed by atoms with van der Waals surface area (Å²) in [6.07, 6.45) is 0. The average molecular weight is 280 g/mol. The monoisotopic (exact) mass is 280 g/mol. The molecule has 3 rings (SSSR count). The summed E-state index contributed by atoms with van der Waals surface area (Å²) in [6, 6.07) is 13.1. The summed E-state index contributed by atoms with van der Waals surface area (Å²) in [5, 5.41) is 4.45. The van der Waals surface area contributed by atoms with Crippen molar-refractivity contribution in [3.8, 4) is 22.5 Å². The Morgan fingerprint density at radius 1 is 1.19 bits per heavy atom. The van der Waals surface area contributed by atoms with Crippen molar-refractivity contribution in [3.63, 3.8) is 0 Å². The first kappa shape index (κ1) is 13.2. The SMILES string of the molecule is Cc1cccc(-c2c(-c3cccc(=O)[nH]3)nn(C)c2N)c1. The van der Waals surface area contributed by atoms with Crippen LogP contribution >= 0.6 is 0 Å². The van der Waals surface area contributed by atoms with E-state index in [1.807, 2.05) is 31.2 Å². The maximum Gasteiger partial charge on any atom is 0.248 e. The number of H-pyrrole nitrogens is 1. The smallest absolute Gasteiger partial charge is 0.248 e. The van der Waals surface area contributed by atoms with Gasteiger partial charge in [-0.2, -0.15) is 5.10 Å². The molecule has 0 aliphatic heterocycles. The van der Waals surface area contributed by atoms with Crippen molar-refractivity contribution in [2.24, 2.45) is 7.05 Å². The van der Waals surface area contributed by atoms with Gasteiger partial charge in [-0.15, -0.1) is 0 Å². The van der Waals surface area contributed by atoms with E-state index in [0.717, 1.165) is 16.7 Å². The minimum atomic E-state index is -0.160. The van der Waals surface area contributed by atoms with Crippen LogP contribution in [0.2, 0.25) is 0 Å². The number of hydrogen-bond acceptors (Lipinski definition) is 3. The molecule has 0 unspecified atom stereocenters. The lowest BCUT2D eigenvalue weighted by molar-refractivity contribution is 0.781. The zero-order chi connectivity index (χ0) is 15.0. The second-order valence-corrected chi connectivity index (χ2v) is 5.03. The molecule has 0 saturated carbocycles. The molecule has 1 aromatic carbocycles. The topological polar surface area (TPSA) is 76.7 Å². The average Bonchev–Trinajstić information content (AvgIpc) is 2.75. The van der Waals surface area contributed by atoms with E-state index in [-0.39, 0.29) is 5.56 Å². The van der Waals surface area contributed by atoms with Crippen LogP contribution in [0.25, 0.3) is 22.5 Å². The molecule has 0 radical (unpaired) electrons. The van der Waals surface area contributed by atoms with E-state index in [0.29, 0.717) is 17.2 Å². The highest BCUT2D eigenvalue weighted by molar-refractivity contribution is 5.87. The van der Waals surface area contributed by atoms with Gasteiger partial charge < -0.3 is 10.7 Å². The molecule has 106 valence electrons. The largest absolute Gasteiger partial charge is 0.383 e. The minimum Gasteiger partial charge on any atom is -0.383 e. The van der Waals surface area contributed by atoms with Gasteiger partial charge in [-0.05, 0) is 18.6 Å². The number of hydrogen-bond donors (Lipinski definition) is 2. The number of rotatable bonds is 2. The van der Waals surface area contributed by atoms with Crippen LogP contribution in [-0.2, 0) is 7.05 Å². The van der Waals surface area contributed by atoms with Crippen LogP contribution in [0.1, 0.15) is 5.56 Å². The maximum atomic E-state index is 11.5. The van der Waals surface area contributed by atoms with E-state index in [1.165, 1.54) is 6.07 Å². The molecule has 5 nitrogen and oxygen atoms in total. The molecule has 21 heavy (non-hydrogen) atoms. The Hall–Kier alpha value is -2.82. The van der Waals surface area contributed by atoms with Crippen LogP contribution in [0.5, 0.6) is 0 Å². The number of nitrogens with one attached hydrogen (secondary N) is 1. The third-order valence-electron chi connectivity index (χ3n) is 3.42. The second kappa shape index (κ2) is 4.94. The molecule has 0 bridgehead atoms. The molecule has 2 heterocycles. The molecule has 3 aromatic rings. The van der Waals surface area contributed by atoms with Crippen LogP contribution in [0.3, 0.4) is 0 Å². The summed E-state index contributed by atoms with van der Waals surface area (Å²) < 4.78 is 1.62. The summed E-state index contributed by atoms with van der Waals surface area (Å²) in [4.78, 5) is 14.3. The number of aryl methyl sites for hydroxylation is 2. The Morgan fingerprint density at radius 3 is 2.67 bits per heavy atom. The molecule has 3 N–H and O–H groups in total. The highest BCUT2D eigenvalue weighted by Crippen LogP contribution is 2.34. The Morgan fingerprint density at radius 2 is 1.95 bits per heavy atom. The maximum absolute atomic E-state index is 11.5. The molecule has 0 spiro atoms. The number of nitrogen functional groups attached to an aromatic ring is 1. The first-order valence-corrected chi connectivity index (χ1v) is 6.65. The van der Waals surface area contributed by atoms with E-state index in [1.54, 1.807) is 17.8 Å². The van der Waals surface area contributed by atoms with Gasteiger partial charge in [0.15, 0.2) is 0 Å². The van der Waals surface area contributed by atoms with Gasteiger partial charge in [0.2, 0.25) is 5.56 Å². The number of benzene rings is 1. The highest BCUT2D eigenvalue weighted by atomic mass is 16.1. The summed E-state index contributed by atoms with van der Waals surface area (Å²) in [7, 11) is 1.79. The Labute approximate surface area is 122 Å². The van der Waals surface area contributed by atoms with Crippen LogP contribution in [0, 0.1) is 6.92 Å². The van der Waals surface area contributed by atoms with E-state index in [4.69, 9.17) is 5.73 Å². The molecule has 0 aliphatic rings. The molecule has 5 heteroatoms. The lowest BCUT2D eigenvalue weighted by atomic mass is 10.0. The first-order chi connectivity index (χ1) is 10.1. The van der Waals surface area contributed by atoms with Crippen LogP contribution in [0.15, 0.2) is 47.3 Å². The number of aromatic amines is 1. The van der Waals surface area contributed by atoms with Gasteiger partial charge in [0, 0.05) is 13.1 Å². The highest BCUT2D eigenvalue weighted by Gasteiger charge is 2.17. The molecule has 0 amide bonds. The predicted octanol–water partition coefficient (Wildman–Crippen LogP) is 2.33. The van der Waals surface area contributed by atoms with Crippen molar-refractivity contribution in [2.75, 3.05) is 5.73 Å².